The van der Waals surface area contributed by atoms with Crippen molar-refractivity contribution in [2.24, 2.45) is 0 Å². The lowest BCUT2D eigenvalue weighted by molar-refractivity contribution is -0.131. The number of aryl methyl sites for hydroxylation is 1. The van der Waals surface area contributed by atoms with Gasteiger partial charge in [-0.15, -0.1) is 10.2 Å². The summed E-state index contributed by atoms with van der Waals surface area (Å²) in [6, 6.07) is 15.5. The van der Waals surface area contributed by atoms with E-state index in [1.54, 1.807) is 4.80 Å². The molecule has 1 amide bonds. The number of rotatable bonds is 8. The second-order valence-electron chi connectivity index (χ2n) is 7.03. The minimum absolute atomic E-state index is 0.0928. The first kappa shape index (κ1) is 19.9. The monoisotopic (exact) mass is 407 g/mol. The highest BCUT2D eigenvalue weighted by Crippen LogP contribution is 2.34. The van der Waals surface area contributed by atoms with Crippen LogP contribution in [0.3, 0.4) is 0 Å². The van der Waals surface area contributed by atoms with E-state index in [9.17, 15) is 4.79 Å². The second kappa shape index (κ2) is 9.39. The standard InChI is InChI=1S/C22H25N5O3/c1-2-26(16-18-10-6-11-19-21(18)30-15-14-29-19)20(28)12-7-13-27-24-22(23-25-27)17-8-4-3-5-9-17/h3-6,8-11H,2,7,12-16H2,1H3. The number of aromatic nitrogens is 4. The van der Waals surface area contributed by atoms with Gasteiger partial charge in [-0.25, -0.2) is 0 Å². The Balaban J connectivity index is 1.32. The van der Waals surface area contributed by atoms with Gasteiger partial charge in [-0.05, 0) is 24.6 Å². The van der Waals surface area contributed by atoms with Gasteiger partial charge < -0.3 is 14.4 Å². The highest BCUT2D eigenvalue weighted by atomic mass is 16.6. The van der Waals surface area contributed by atoms with Crippen LogP contribution < -0.4 is 9.47 Å². The lowest BCUT2D eigenvalue weighted by atomic mass is 10.1. The maximum absolute atomic E-state index is 12.8. The maximum Gasteiger partial charge on any atom is 0.222 e. The Labute approximate surface area is 175 Å². The van der Waals surface area contributed by atoms with Gasteiger partial charge in [0.2, 0.25) is 11.7 Å². The largest absolute Gasteiger partial charge is 0.486 e. The smallest absolute Gasteiger partial charge is 0.222 e. The summed E-state index contributed by atoms with van der Waals surface area (Å²) in [5.74, 6) is 2.17. The van der Waals surface area contributed by atoms with Gasteiger partial charge in [-0.3, -0.25) is 4.79 Å². The molecule has 0 N–H and O–H groups in total. The van der Waals surface area contributed by atoms with Crippen molar-refractivity contribution >= 4 is 5.91 Å². The Morgan fingerprint density at radius 2 is 1.93 bits per heavy atom. The third kappa shape index (κ3) is 4.59. The number of amides is 1. The highest BCUT2D eigenvalue weighted by Gasteiger charge is 2.19. The third-order valence-corrected chi connectivity index (χ3v) is 4.98. The van der Waals surface area contributed by atoms with Gasteiger partial charge >= 0.3 is 0 Å². The fourth-order valence-electron chi connectivity index (χ4n) is 3.41. The molecule has 0 saturated carbocycles. The number of fused-ring (bicyclic) bond motifs is 1. The van der Waals surface area contributed by atoms with Crippen LogP contribution in [0.4, 0.5) is 0 Å². The average Bonchev–Trinajstić information content (AvgIpc) is 3.27. The van der Waals surface area contributed by atoms with Crippen molar-refractivity contribution in [2.75, 3.05) is 19.8 Å². The van der Waals surface area contributed by atoms with Crippen molar-refractivity contribution in [2.45, 2.75) is 32.9 Å². The van der Waals surface area contributed by atoms with Gasteiger partial charge in [0.05, 0.1) is 6.54 Å². The summed E-state index contributed by atoms with van der Waals surface area (Å²) in [5, 5.41) is 12.6. The zero-order valence-electron chi connectivity index (χ0n) is 17.0. The highest BCUT2D eigenvalue weighted by molar-refractivity contribution is 5.76. The number of para-hydroxylation sites is 1. The summed E-state index contributed by atoms with van der Waals surface area (Å²) in [5.41, 5.74) is 1.89. The summed E-state index contributed by atoms with van der Waals surface area (Å²) in [6.07, 6.45) is 1.06. The molecule has 0 unspecified atom stereocenters. The number of nitrogens with zero attached hydrogens (tertiary/aromatic N) is 5. The molecule has 1 aliphatic heterocycles. The summed E-state index contributed by atoms with van der Waals surface area (Å²) in [7, 11) is 0. The maximum atomic E-state index is 12.8. The van der Waals surface area contributed by atoms with Gasteiger partial charge in [-0.2, -0.15) is 4.80 Å². The van der Waals surface area contributed by atoms with E-state index in [1.807, 2.05) is 60.4 Å². The van der Waals surface area contributed by atoms with Crippen molar-refractivity contribution in [3.63, 3.8) is 0 Å². The van der Waals surface area contributed by atoms with Crippen molar-refractivity contribution < 1.29 is 14.3 Å². The minimum atomic E-state index is 0.0928. The SMILES string of the molecule is CCN(Cc1cccc2c1OCCO2)C(=O)CCCn1nnc(-c2ccccc2)n1. The Bertz CT molecular complexity index is 989. The van der Waals surface area contributed by atoms with E-state index in [1.165, 1.54) is 0 Å². The summed E-state index contributed by atoms with van der Waals surface area (Å²) in [6.45, 7) is 4.73. The third-order valence-electron chi connectivity index (χ3n) is 4.98. The molecule has 0 aliphatic carbocycles. The first-order chi connectivity index (χ1) is 14.7. The van der Waals surface area contributed by atoms with Crippen LogP contribution >= 0.6 is 0 Å². The molecule has 0 bridgehead atoms. The molecule has 2 heterocycles. The number of ether oxygens (including phenoxy) is 2. The first-order valence-electron chi connectivity index (χ1n) is 10.2. The molecule has 0 spiro atoms. The second-order valence-corrected chi connectivity index (χ2v) is 7.03. The molecule has 0 fully saturated rings. The molecule has 156 valence electrons. The molecule has 1 aromatic heterocycles. The van der Waals surface area contributed by atoms with Crippen LogP contribution in [0.15, 0.2) is 48.5 Å². The van der Waals surface area contributed by atoms with Gasteiger partial charge in [0.15, 0.2) is 11.5 Å². The molecular formula is C22H25N5O3. The summed E-state index contributed by atoms with van der Waals surface area (Å²) >= 11 is 0. The van der Waals surface area contributed by atoms with E-state index in [2.05, 4.69) is 15.4 Å². The molecule has 0 atom stereocenters. The fourth-order valence-corrected chi connectivity index (χ4v) is 3.41. The van der Waals surface area contributed by atoms with Crippen molar-refractivity contribution in [1.82, 2.24) is 25.1 Å². The average molecular weight is 407 g/mol. The molecule has 3 aromatic rings. The van der Waals surface area contributed by atoms with E-state index in [0.717, 1.165) is 22.6 Å². The van der Waals surface area contributed by atoms with E-state index < -0.39 is 0 Å². The molecule has 4 rings (SSSR count). The number of carbonyl (C=O) groups is 1. The Hall–Kier alpha value is -3.42. The van der Waals surface area contributed by atoms with E-state index >= 15 is 0 Å². The predicted octanol–water partition coefficient (Wildman–Crippen LogP) is 2.94. The predicted molar refractivity (Wildman–Crippen MR) is 111 cm³/mol. The minimum Gasteiger partial charge on any atom is -0.486 e. The normalized spacial score (nSPS) is 12.6. The van der Waals surface area contributed by atoms with Gasteiger partial charge in [0.25, 0.3) is 0 Å². The molecule has 30 heavy (non-hydrogen) atoms. The molecular weight excluding hydrogens is 382 g/mol. The summed E-state index contributed by atoms with van der Waals surface area (Å²) < 4.78 is 11.4. The lowest BCUT2D eigenvalue weighted by Crippen LogP contribution is -2.31. The van der Waals surface area contributed by atoms with Crippen molar-refractivity contribution in [3.8, 4) is 22.9 Å². The molecule has 0 saturated heterocycles. The van der Waals surface area contributed by atoms with Crippen LogP contribution in [0.2, 0.25) is 0 Å². The zero-order chi connectivity index (χ0) is 20.8. The molecule has 2 aromatic carbocycles. The first-order valence-corrected chi connectivity index (χ1v) is 10.2. The van der Waals surface area contributed by atoms with Crippen molar-refractivity contribution in [1.29, 1.82) is 0 Å². The van der Waals surface area contributed by atoms with Crippen LogP contribution in [-0.4, -0.2) is 50.8 Å². The molecule has 8 nitrogen and oxygen atoms in total. The number of carbonyl (C=O) groups excluding carboxylic acids is 1. The zero-order valence-corrected chi connectivity index (χ0v) is 17.0. The van der Waals surface area contributed by atoms with Crippen LogP contribution in [0.5, 0.6) is 11.5 Å². The molecule has 0 radical (unpaired) electrons. The quantitative estimate of drug-likeness (QED) is 0.571. The van der Waals surface area contributed by atoms with E-state index in [4.69, 9.17) is 9.47 Å². The Morgan fingerprint density at radius 1 is 1.10 bits per heavy atom. The van der Waals surface area contributed by atoms with Gasteiger partial charge in [0, 0.05) is 30.6 Å². The van der Waals surface area contributed by atoms with Crippen LogP contribution in [0.25, 0.3) is 11.4 Å². The summed E-state index contributed by atoms with van der Waals surface area (Å²) in [4.78, 5) is 16.1. The number of hydrogen-bond donors (Lipinski definition) is 0. The van der Waals surface area contributed by atoms with E-state index in [-0.39, 0.29) is 5.91 Å². The number of benzene rings is 2. The molecule has 1 aliphatic rings. The van der Waals surface area contributed by atoms with Gasteiger partial charge in [-0.1, -0.05) is 42.5 Å². The topological polar surface area (TPSA) is 82.4 Å². The van der Waals surface area contributed by atoms with Crippen LogP contribution in [0.1, 0.15) is 25.3 Å². The number of tetrazole rings is 1. The van der Waals surface area contributed by atoms with Gasteiger partial charge in [0.1, 0.15) is 13.2 Å². The van der Waals surface area contributed by atoms with Crippen molar-refractivity contribution in [3.05, 3.63) is 54.1 Å². The Kier molecular flexibility index (Phi) is 6.22. The lowest BCUT2D eigenvalue weighted by Gasteiger charge is -2.25. The fraction of sp³-hybridized carbons (Fsp3) is 0.364. The van der Waals surface area contributed by atoms with Crippen LogP contribution in [0, 0.1) is 0 Å². The number of hydrogen-bond acceptors (Lipinski definition) is 6. The Morgan fingerprint density at radius 3 is 2.77 bits per heavy atom. The van der Waals surface area contributed by atoms with Crippen LogP contribution in [-0.2, 0) is 17.9 Å². The van der Waals surface area contributed by atoms with E-state index in [0.29, 0.717) is 51.5 Å². The molecule has 8 heteroatoms.